The van der Waals surface area contributed by atoms with E-state index >= 15 is 0 Å². The molecule has 1 aromatic carbocycles. The van der Waals surface area contributed by atoms with E-state index in [1.54, 1.807) is 17.0 Å². The average molecular weight is 551 g/mol. The number of amides is 1. The highest BCUT2D eigenvalue weighted by Crippen LogP contribution is 2.24. The molecule has 2 N–H and O–H groups in total. The number of likely N-dealkylation sites (tertiary alicyclic amines) is 1. The Bertz CT molecular complexity index is 997. The van der Waals surface area contributed by atoms with Crippen LogP contribution in [-0.4, -0.2) is 104 Å². The number of benzene rings is 1. The van der Waals surface area contributed by atoms with Crippen molar-refractivity contribution in [1.82, 2.24) is 19.4 Å². The number of carboxylic acids is 1. The van der Waals surface area contributed by atoms with E-state index in [1.165, 1.54) is 4.31 Å². The highest BCUT2D eigenvalue weighted by molar-refractivity contribution is 7.89. The van der Waals surface area contributed by atoms with Crippen LogP contribution >= 0.6 is 0 Å². The number of carboxylic acid groups (broad SMARTS) is 1. The molecule has 0 spiro atoms. The summed E-state index contributed by atoms with van der Waals surface area (Å²) < 4.78 is 60.2. The Morgan fingerprint density at radius 1 is 1.14 bits per heavy atom. The molecule has 210 valence electrons. The number of nitrogens with one attached hydrogen (secondary N) is 1. The molecule has 0 radical (unpaired) electrons. The van der Waals surface area contributed by atoms with Crippen molar-refractivity contribution in [1.29, 1.82) is 0 Å². The van der Waals surface area contributed by atoms with Crippen LogP contribution in [0.1, 0.15) is 45.1 Å². The van der Waals surface area contributed by atoms with Gasteiger partial charge in [0.1, 0.15) is 0 Å². The van der Waals surface area contributed by atoms with Crippen molar-refractivity contribution in [2.24, 2.45) is 0 Å². The molecule has 2 aliphatic rings. The molecule has 0 aromatic heterocycles. The van der Waals surface area contributed by atoms with Gasteiger partial charge in [0.2, 0.25) is 15.9 Å². The van der Waals surface area contributed by atoms with Crippen LogP contribution in [-0.2, 0) is 19.6 Å². The largest absolute Gasteiger partial charge is 0.490 e. The first-order chi connectivity index (χ1) is 17.3. The van der Waals surface area contributed by atoms with Gasteiger partial charge in [0, 0.05) is 38.8 Å². The summed E-state index contributed by atoms with van der Waals surface area (Å²) in [5, 5.41) is 10.4. The first kappa shape index (κ1) is 31.0. The van der Waals surface area contributed by atoms with Gasteiger partial charge in [-0.2, -0.15) is 17.5 Å². The Morgan fingerprint density at radius 3 is 2.19 bits per heavy atom. The molecule has 1 amide bonds. The van der Waals surface area contributed by atoms with Crippen molar-refractivity contribution in [3.63, 3.8) is 0 Å². The molecule has 2 saturated heterocycles. The van der Waals surface area contributed by atoms with E-state index in [9.17, 15) is 26.4 Å². The number of aliphatic carboxylic acids is 1. The van der Waals surface area contributed by atoms with Crippen LogP contribution in [0.15, 0.2) is 29.2 Å². The van der Waals surface area contributed by atoms with E-state index in [2.05, 4.69) is 31.0 Å². The molecule has 0 aliphatic carbocycles. The molecule has 13 heteroatoms. The fraction of sp³-hybridized carbons (Fsp3) is 0.667. The lowest BCUT2D eigenvalue weighted by molar-refractivity contribution is -0.192. The normalized spacial score (nSPS) is 19.1. The third-order valence-corrected chi connectivity index (χ3v) is 8.35. The highest BCUT2D eigenvalue weighted by atomic mass is 32.2. The number of hydrogen-bond donors (Lipinski definition) is 2. The number of piperazine rings is 1. The van der Waals surface area contributed by atoms with Gasteiger partial charge in [0.15, 0.2) is 0 Å². The summed E-state index contributed by atoms with van der Waals surface area (Å²) in [6.07, 6.45) is -3.05. The van der Waals surface area contributed by atoms with Crippen molar-refractivity contribution < 1.29 is 36.3 Å². The maximum Gasteiger partial charge on any atom is 0.490 e. The summed E-state index contributed by atoms with van der Waals surface area (Å²) in [7, 11) is -3.75. The van der Waals surface area contributed by atoms with Gasteiger partial charge >= 0.3 is 12.1 Å². The van der Waals surface area contributed by atoms with Crippen LogP contribution in [0.2, 0.25) is 0 Å². The van der Waals surface area contributed by atoms with Crippen molar-refractivity contribution in [3.05, 3.63) is 29.8 Å². The van der Waals surface area contributed by atoms with Crippen LogP contribution in [0.3, 0.4) is 0 Å². The predicted octanol–water partition coefficient (Wildman–Crippen LogP) is 2.35. The SMILES string of the molecule is CCN1CCCC1CN(CC(=O)N1CCNCC1)S(=O)(=O)c1ccc(C(C)C)cc1.O=C(O)C(F)(F)F. The Balaban J connectivity index is 0.000000604. The number of rotatable bonds is 8. The maximum atomic E-state index is 13.5. The molecule has 0 saturated carbocycles. The molecule has 37 heavy (non-hydrogen) atoms. The minimum atomic E-state index is -5.08. The molecule has 9 nitrogen and oxygen atoms in total. The van der Waals surface area contributed by atoms with Crippen LogP contribution in [0.4, 0.5) is 13.2 Å². The molecule has 2 heterocycles. The number of alkyl halides is 3. The summed E-state index contributed by atoms with van der Waals surface area (Å²) in [5.41, 5.74) is 1.10. The third kappa shape index (κ3) is 8.94. The van der Waals surface area contributed by atoms with Crippen LogP contribution < -0.4 is 5.32 Å². The van der Waals surface area contributed by atoms with Gasteiger partial charge in [0.25, 0.3) is 0 Å². The molecular formula is C24H37F3N4O5S. The molecule has 1 atom stereocenters. The zero-order valence-electron chi connectivity index (χ0n) is 21.5. The highest BCUT2D eigenvalue weighted by Gasteiger charge is 2.38. The summed E-state index contributed by atoms with van der Waals surface area (Å²) in [4.78, 5) is 26.2. The molecule has 0 bridgehead atoms. The van der Waals surface area contributed by atoms with Gasteiger partial charge in [-0.05, 0) is 49.5 Å². The summed E-state index contributed by atoms with van der Waals surface area (Å²) >= 11 is 0. The van der Waals surface area contributed by atoms with E-state index in [-0.39, 0.29) is 23.4 Å². The first-order valence-electron chi connectivity index (χ1n) is 12.4. The van der Waals surface area contributed by atoms with Crippen molar-refractivity contribution in [2.75, 3.05) is 52.4 Å². The Kier molecular flexibility index (Phi) is 11.3. The lowest BCUT2D eigenvalue weighted by Crippen LogP contribution is -2.52. The standard InChI is InChI=1S/C22H36N4O3S.C2HF3O2/c1-4-24-13-5-6-20(24)16-26(17-22(27)25-14-11-23-12-15-25)30(28,29)21-9-7-19(8-10-21)18(2)3;3-2(4,5)1(6)7/h7-10,18,20,23H,4-6,11-17H2,1-3H3;(H,6,7). The summed E-state index contributed by atoms with van der Waals surface area (Å²) in [6.45, 7) is 11.2. The maximum absolute atomic E-state index is 13.5. The van der Waals surface area contributed by atoms with Crippen LogP contribution in [0, 0.1) is 0 Å². The second-order valence-electron chi connectivity index (χ2n) is 9.38. The lowest BCUT2D eigenvalue weighted by atomic mass is 10.0. The number of carbonyl (C=O) groups is 2. The predicted molar refractivity (Wildman–Crippen MR) is 133 cm³/mol. The van der Waals surface area contributed by atoms with Crippen LogP contribution in [0.5, 0.6) is 0 Å². The van der Waals surface area contributed by atoms with Crippen molar-refractivity contribution >= 4 is 21.9 Å². The zero-order valence-corrected chi connectivity index (χ0v) is 22.3. The Hall–Kier alpha value is -2.22. The number of sulfonamides is 1. The third-order valence-electron chi connectivity index (χ3n) is 6.53. The second-order valence-corrected chi connectivity index (χ2v) is 11.3. The minimum absolute atomic E-state index is 0.0949. The summed E-state index contributed by atoms with van der Waals surface area (Å²) in [5.74, 6) is -2.53. The molecule has 1 aromatic rings. The molecule has 2 fully saturated rings. The minimum Gasteiger partial charge on any atom is -0.475 e. The van der Waals surface area contributed by atoms with E-state index in [1.807, 2.05) is 12.1 Å². The monoisotopic (exact) mass is 550 g/mol. The molecular weight excluding hydrogens is 513 g/mol. The second kappa shape index (κ2) is 13.5. The number of likely N-dealkylation sites (N-methyl/N-ethyl adjacent to an activating group) is 1. The number of hydrogen-bond acceptors (Lipinski definition) is 6. The molecule has 2 aliphatic heterocycles. The van der Waals surface area contributed by atoms with Gasteiger partial charge < -0.3 is 15.3 Å². The topological polar surface area (TPSA) is 110 Å². The van der Waals surface area contributed by atoms with Gasteiger partial charge in [0.05, 0.1) is 11.4 Å². The van der Waals surface area contributed by atoms with Crippen molar-refractivity contribution in [2.45, 2.75) is 56.6 Å². The van der Waals surface area contributed by atoms with Crippen LogP contribution in [0.25, 0.3) is 0 Å². The van der Waals surface area contributed by atoms with Gasteiger partial charge in [-0.25, -0.2) is 13.2 Å². The average Bonchev–Trinajstić information content (AvgIpc) is 3.31. The zero-order chi connectivity index (χ0) is 27.8. The van der Waals surface area contributed by atoms with Gasteiger partial charge in [-0.1, -0.05) is 32.9 Å². The van der Waals surface area contributed by atoms with E-state index in [0.717, 1.165) is 44.6 Å². The van der Waals surface area contributed by atoms with Gasteiger partial charge in [-0.15, -0.1) is 0 Å². The fourth-order valence-corrected chi connectivity index (χ4v) is 5.77. The Labute approximate surface area is 216 Å². The quantitative estimate of drug-likeness (QED) is 0.511. The number of nitrogens with zero attached hydrogens (tertiary/aromatic N) is 3. The fourth-order valence-electron chi connectivity index (χ4n) is 4.34. The van der Waals surface area contributed by atoms with E-state index in [0.29, 0.717) is 25.6 Å². The first-order valence-corrected chi connectivity index (χ1v) is 13.8. The number of halogens is 3. The van der Waals surface area contributed by atoms with E-state index < -0.39 is 22.2 Å². The lowest BCUT2D eigenvalue weighted by Gasteiger charge is -2.32. The van der Waals surface area contributed by atoms with Crippen molar-refractivity contribution in [3.8, 4) is 0 Å². The molecule has 3 rings (SSSR count). The van der Waals surface area contributed by atoms with E-state index in [4.69, 9.17) is 9.90 Å². The smallest absolute Gasteiger partial charge is 0.475 e. The Morgan fingerprint density at radius 2 is 1.70 bits per heavy atom. The number of carbonyl (C=O) groups excluding carboxylic acids is 1. The summed E-state index contributed by atoms with van der Waals surface area (Å²) in [6, 6.07) is 7.28. The molecule has 1 unspecified atom stereocenters. The van der Waals surface area contributed by atoms with Gasteiger partial charge in [-0.3, -0.25) is 9.69 Å².